The summed E-state index contributed by atoms with van der Waals surface area (Å²) in [6.07, 6.45) is 5.37. The molecular formula is C13H21NS. The molecule has 2 heteroatoms. The molecule has 0 bridgehead atoms. The highest BCUT2D eigenvalue weighted by Crippen LogP contribution is 2.34. The predicted octanol–water partition coefficient (Wildman–Crippen LogP) is 3.98. The van der Waals surface area contributed by atoms with Crippen LogP contribution in [-0.2, 0) is 0 Å². The van der Waals surface area contributed by atoms with Crippen molar-refractivity contribution in [2.45, 2.75) is 51.6 Å². The third kappa shape index (κ3) is 3.05. The summed E-state index contributed by atoms with van der Waals surface area (Å²) in [7, 11) is 0. The SMILES string of the molecule is CCCC(NC(C)C1CC1)c1cccs1. The van der Waals surface area contributed by atoms with E-state index in [-0.39, 0.29) is 0 Å². The normalized spacial score (nSPS) is 20.1. The fourth-order valence-corrected chi connectivity index (χ4v) is 2.96. The molecule has 1 fully saturated rings. The molecular weight excluding hydrogens is 202 g/mol. The number of hydrogen-bond acceptors (Lipinski definition) is 2. The summed E-state index contributed by atoms with van der Waals surface area (Å²) >= 11 is 1.88. The molecule has 1 saturated carbocycles. The summed E-state index contributed by atoms with van der Waals surface area (Å²) in [6, 6.07) is 5.71. The summed E-state index contributed by atoms with van der Waals surface area (Å²) in [6.45, 7) is 4.61. The van der Waals surface area contributed by atoms with E-state index in [0.29, 0.717) is 12.1 Å². The van der Waals surface area contributed by atoms with E-state index in [1.54, 1.807) is 0 Å². The van der Waals surface area contributed by atoms with Gasteiger partial charge in [0, 0.05) is 17.0 Å². The first-order valence-corrected chi connectivity index (χ1v) is 6.98. The Kier molecular flexibility index (Phi) is 3.81. The molecule has 15 heavy (non-hydrogen) atoms. The van der Waals surface area contributed by atoms with E-state index in [0.717, 1.165) is 5.92 Å². The first kappa shape index (κ1) is 11.2. The van der Waals surface area contributed by atoms with Crippen molar-refractivity contribution in [3.63, 3.8) is 0 Å². The lowest BCUT2D eigenvalue weighted by Crippen LogP contribution is -2.31. The lowest BCUT2D eigenvalue weighted by atomic mass is 10.1. The zero-order chi connectivity index (χ0) is 10.7. The first-order chi connectivity index (χ1) is 7.31. The number of hydrogen-bond donors (Lipinski definition) is 1. The van der Waals surface area contributed by atoms with Gasteiger partial charge in [0.15, 0.2) is 0 Å². The number of thiophene rings is 1. The maximum atomic E-state index is 3.79. The molecule has 0 radical (unpaired) electrons. The van der Waals surface area contributed by atoms with Crippen LogP contribution >= 0.6 is 11.3 Å². The average Bonchev–Trinajstić information content (AvgIpc) is 2.94. The van der Waals surface area contributed by atoms with Crippen LogP contribution in [0.3, 0.4) is 0 Å². The van der Waals surface area contributed by atoms with E-state index in [2.05, 4.69) is 36.7 Å². The highest BCUT2D eigenvalue weighted by atomic mass is 32.1. The fourth-order valence-electron chi connectivity index (χ4n) is 2.14. The Morgan fingerprint density at radius 1 is 1.53 bits per heavy atom. The second-order valence-electron chi connectivity index (χ2n) is 4.65. The van der Waals surface area contributed by atoms with Gasteiger partial charge in [-0.15, -0.1) is 11.3 Å². The Morgan fingerprint density at radius 2 is 2.33 bits per heavy atom. The number of rotatable bonds is 6. The Morgan fingerprint density at radius 3 is 2.87 bits per heavy atom. The Labute approximate surface area is 96.9 Å². The molecule has 2 rings (SSSR count). The lowest BCUT2D eigenvalue weighted by molar-refractivity contribution is 0.407. The standard InChI is InChI=1S/C13H21NS/c1-3-5-12(13-6-4-9-15-13)14-10(2)11-7-8-11/h4,6,9-12,14H,3,5,7-8H2,1-2H3. The van der Waals surface area contributed by atoms with Gasteiger partial charge in [-0.1, -0.05) is 19.4 Å². The third-order valence-corrected chi connectivity index (χ3v) is 4.24. The van der Waals surface area contributed by atoms with Gasteiger partial charge >= 0.3 is 0 Å². The molecule has 1 aliphatic carbocycles. The summed E-state index contributed by atoms with van der Waals surface area (Å²) < 4.78 is 0. The van der Waals surface area contributed by atoms with Crippen LogP contribution in [0.1, 0.15) is 50.4 Å². The molecule has 84 valence electrons. The molecule has 1 aromatic rings. The van der Waals surface area contributed by atoms with E-state index in [4.69, 9.17) is 0 Å². The van der Waals surface area contributed by atoms with Gasteiger partial charge in [-0.05, 0) is 43.6 Å². The number of nitrogens with one attached hydrogen (secondary N) is 1. The second kappa shape index (κ2) is 5.13. The molecule has 2 atom stereocenters. The van der Waals surface area contributed by atoms with Crippen LogP contribution in [0, 0.1) is 5.92 Å². The van der Waals surface area contributed by atoms with Gasteiger partial charge in [-0.3, -0.25) is 0 Å². The smallest absolute Gasteiger partial charge is 0.0416 e. The van der Waals surface area contributed by atoms with Crippen molar-refractivity contribution in [2.24, 2.45) is 5.92 Å². The Bertz CT molecular complexity index is 277. The molecule has 1 aromatic heterocycles. The van der Waals surface area contributed by atoms with E-state index in [9.17, 15) is 0 Å². The summed E-state index contributed by atoms with van der Waals surface area (Å²) in [5.41, 5.74) is 0. The molecule has 1 N–H and O–H groups in total. The summed E-state index contributed by atoms with van der Waals surface area (Å²) in [4.78, 5) is 1.50. The molecule has 2 unspecified atom stereocenters. The second-order valence-corrected chi connectivity index (χ2v) is 5.63. The van der Waals surface area contributed by atoms with Gasteiger partial charge < -0.3 is 5.32 Å². The van der Waals surface area contributed by atoms with Crippen molar-refractivity contribution < 1.29 is 0 Å². The van der Waals surface area contributed by atoms with Gasteiger partial charge in [0.25, 0.3) is 0 Å². The fraction of sp³-hybridized carbons (Fsp3) is 0.692. The van der Waals surface area contributed by atoms with E-state index < -0.39 is 0 Å². The minimum Gasteiger partial charge on any atom is -0.306 e. The van der Waals surface area contributed by atoms with Crippen molar-refractivity contribution in [2.75, 3.05) is 0 Å². The van der Waals surface area contributed by atoms with Crippen LogP contribution in [0.2, 0.25) is 0 Å². The summed E-state index contributed by atoms with van der Waals surface area (Å²) in [5, 5.41) is 5.97. The minimum absolute atomic E-state index is 0.589. The molecule has 0 saturated heterocycles. The van der Waals surface area contributed by atoms with Gasteiger partial charge in [0.1, 0.15) is 0 Å². The van der Waals surface area contributed by atoms with Crippen LogP contribution in [0.25, 0.3) is 0 Å². The van der Waals surface area contributed by atoms with Crippen molar-refractivity contribution in [3.8, 4) is 0 Å². The summed E-state index contributed by atoms with van der Waals surface area (Å²) in [5.74, 6) is 0.948. The zero-order valence-electron chi connectivity index (χ0n) is 9.70. The van der Waals surface area contributed by atoms with E-state index in [1.165, 1.54) is 30.6 Å². The maximum absolute atomic E-state index is 3.79. The van der Waals surface area contributed by atoms with Gasteiger partial charge in [-0.2, -0.15) is 0 Å². The molecule has 1 nitrogen and oxygen atoms in total. The van der Waals surface area contributed by atoms with Crippen LogP contribution in [0.15, 0.2) is 17.5 Å². The molecule has 1 aliphatic rings. The van der Waals surface area contributed by atoms with Crippen molar-refractivity contribution in [1.82, 2.24) is 5.32 Å². The molecule has 0 aliphatic heterocycles. The quantitative estimate of drug-likeness (QED) is 0.769. The molecule has 1 heterocycles. The minimum atomic E-state index is 0.589. The molecule has 0 aromatic carbocycles. The van der Waals surface area contributed by atoms with Crippen molar-refractivity contribution in [3.05, 3.63) is 22.4 Å². The molecule has 0 amide bonds. The Hall–Kier alpha value is -0.340. The van der Waals surface area contributed by atoms with Gasteiger partial charge in [0.05, 0.1) is 0 Å². The van der Waals surface area contributed by atoms with E-state index in [1.807, 2.05) is 11.3 Å². The third-order valence-electron chi connectivity index (χ3n) is 3.26. The van der Waals surface area contributed by atoms with Crippen LogP contribution in [0.4, 0.5) is 0 Å². The molecule has 0 spiro atoms. The van der Waals surface area contributed by atoms with Crippen LogP contribution in [-0.4, -0.2) is 6.04 Å². The lowest BCUT2D eigenvalue weighted by Gasteiger charge is -2.22. The largest absolute Gasteiger partial charge is 0.306 e. The van der Waals surface area contributed by atoms with Crippen molar-refractivity contribution >= 4 is 11.3 Å². The first-order valence-electron chi connectivity index (χ1n) is 6.10. The predicted molar refractivity (Wildman–Crippen MR) is 67.3 cm³/mol. The maximum Gasteiger partial charge on any atom is 0.0416 e. The highest BCUT2D eigenvalue weighted by Gasteiger charge is 2.29. The monoisotopic (exact) mass is 223 g/mol. The van der Waals surface area contributed by atoms with Crippen LogP contribution in [0.5, 0.6) is 0 Å². The van der Waals surface area contributed by atoms with E-state index >= 15 is 0 Å². The topological polar surface area (TPSA) is 12.0 Å². The van der Waals surface area contributed by atoms with Crippen molar-refractivity contribution in [1.29, 1.82) is 0 Å². The Balaban J connectivity index is 1.93. The van der Waals surface area contributed by atoms with Crippen LogP contribution < -0.4 is 5.32 Å². The average molecular weight is 223 g/mol. The highest BCUT2D eigenvalue weighted by molar-refractivity contribution is 7.10. The zero-order valence-corrected chi connectivity index (χ0v) is 10.5. The van der Waals surface area contributed by atoms with Gasteiger partial charge in [0.2, 0.25) is 0 Å². The van der Waals surface area contributed by atoms with Gasteiger partial charge in [-0.25, -0.2) is 0 Å².